The highest BCUT2D eigenvalue weighted by atomic mass is 16.5. The number of aryl methyl sites for hydroxylation is 1. The second kappa shape index (κ2) is 6.72. The molecule has 5 rings (SSSR count). The molecule has 0 saturated carbocycles. The molecule has 1 aliphatic rings. The number of nitrogen functional groups attached to an aromatic ring is 1. The van der Waals surface area contributed by atoms with E-state index >= 15 is 0 Å². The average molecular weight is 375 g/mol. The second-order valence-electron chi connectivity index (χ2n) is 6.85. The molecule has 0 bridgehead atoms. The Morgan fingerprint density at radius 3 is 2.79 bits per heavy atom. The summed E-state index contributed by atoms with van der Waals surface area (Å²) < 4.78 is 7.26. The largest absolute Gasteiger partial charge is 0.384 e. The van der Waals surface area contributed by atoms with Crippen molar-refractivity contribution in [3.05, 3.63) is 42.5 Å². The summed E-state index contributed by atoms with van der Waals surface area (Å²) in [5, 5.41) is 6.68. The first kappa shape index (κ1) is 16.9. The van der Waals surface area contributed by atoms with E-state index in [2.05, 4.69) is 27.9 Å². The Morgan fingerprint density at radius 1 is 1.11 bits per heavy atom. The van der Waals surface area contributed by atoms with Crippen LogP contribution in [0.4, 0.5) is 11.5 Å². The average Bonchev–Trinajstić information content (AvgIpc) is 3.16. The van der Waals surface area contributed by atoms with Crippen LogP contribution in [0.15, 0.2) is 36.8 Å². The van der Waals surface area contributed by atoms with Crippen molar-refractivity contribution < 1.29 is 4.74 Å². The first-order valence-corrected chi connectivity index (χ1v) is 9.45. The fourth-order valence-corrected chi connectivity index (χ4v) is 3.66. The number of morpholine rings is 1. The summed E-state index contributed by atoms with van der Waals surface area (Å²) in [5.41, 5.74) is 9.71. The molecule has 142 valence electrons. The number of rotatable bonds is 3. The molecule has 5 heterocycles. The molecule has 0 spiro atoms. The van der Waals surface area contributed by atoms with Gasteiger partial charge in [0, 0.05) is 47.5 Å². The van der Waals surface area contributed by atoms with Crippen LogP contribution in [0, 0.1) is 0 Å². The standard InChI is InChI=1S/C20H21N7O/c1-2-17-15-10-23-18(21)9-14(15)16(11-22-17)20-24-19-4-3-13(12-27(19)25-20)26-5-7-28-8-6-26/h3-4,9-12H,2,5-8H2,1H3,(H2,21,23). The lowest BCUT2D eigenvalue weighted by molar-refractivity contribution is 0.122. The molecule has 0 aliphatic carbocycles. The minimum absolute atomic E-state index is 0.473. The highest BCUT2D eigenvalue weighted by molar-refractivity contribution is 5.96. The summed E-state index contributed by atoms with van der Waals surface area (Å²) in [7, 11) is 0. The number of ether oxygens (including phenoxy) is 1. The smallest absolute Gasteiger partial charge is 0.184 e. The van der Waals surface area contributed by atoms with Crippen LogP contribution < -0.4 is 10.6 Å². The van der Waals surface area contributed by atoms with Crippen LogP contribution in [0.25, 0.3) is 27.8 Å². The van der Waals surface area contributed by atoms with Crippen molar-refractivity contribution in [2.45, 2.75) is 13.3 Å². The van der Waals surface area contributed by atoms with Gasteiger partial charge in [0.25, 0.3) is 0 Å². The molecule has 8 heteroatoms. The third kappa shape index (κ3) is 2.82. The lowest BCUT2D eigenvalue weighted by atomic mass is 10.1. The Bertz CT molecular complexity index is 1160. The van der Waals surface area contributed by atoms with Crippen LogP contribution in [0.3, 0.4) is 0 Å². The number of pyridine rings is 3. The van der Waals surface area contributed by atoms with E-state index in [1.165, 1.54) is 0 Å². The summed E-state index contributed by atoms with van der Waals surface area (Å²) >= 11 is 0. The minimum atomic E-state index is 0.473. The quantitative estimate of drug-likeness (QED) is 0.587. The molecule has 1 aliphatic heterocycles. The number of nitrogens with zero attached hydrogens (tertiary/aromatic N) is 6. The Balaban J connectivity index is 1.62. The summed E-state index contributed by atoms with van der Waals surface area (Å²) in [6, 6.07) is 5.95. The number of anilines is 2. The summed E-state index contributed by atoms with van der Waals surface area (Å²) in [4.78, 5) is 15.8. The van der Waals surface area contributed by atoms with Gasteiger partial charge in [-0.2, -0.15) is 0 Å². The monoisotopic (exact) mass is 375 g/mol. The van der Waals surface area contributed by atoms with Crippen LogP contribution in [0.1, 0.15) is 12.6 Å². The van der Waals surface area contributed by atoms with Gasteiger partial charge in [0.15, 0.2) is 11.5 Å². The third-order valence-corrected chi connectivity index (χ3v) is 5.14. The zero-order chi connectivity index (χ0) is 19.1. The highest BCUT2D eigenvalue weighted by Crippen LogP contribution is 2.29. The van der Waals surface area contributed by atoms with Crippen molar-refractivity contribution in [1.29, 1.82) is 0 Å². The Labute approximate surface area is 162 Å². The van der Waals surface area contributed by atoms with Crippen molar-refractivity contribution >= 4 is 27.9 Å². The van der Waals surface area contributed by atoms with E-state index in [0.29, 0.717) is 11.6 Å². The first-order valence-electron chi connectivity index (χ1n) is 9.45. The summed E-state index contributed by atoms with van der Waals surface area (Å²) in [6.07, 6.45) is 6.46. The summed E-state index contributed by atoms with van der Waals surface area (Å²) in [5.74, 6) is 1.10. The van der Waals surface area contributed by atoms with Gasteiger partial charge >= 0.3 is 0 Å². The normalized spacial score (nSPS) is 14.8. The Morgan fingerprint density at radius 2 is 1.96 bits per heavy atom. The van der Waals surface area contributed by atoms with E-state index < -0.39 is 0 Å². The van der Waals surface area contributed by atoms with Crippen LogP contribution >= 0.6 is 0 Å². The first-order chi connectivity index (χ1) is 13.7. The van der Waals surface area contributed by atoms with Gasteiger partial charge in [-0.3, -0.25) is 4.98 Å². The molecule has 4 aromatic heterocycles. The van der Waals surface area contributed by atoms with Crippen molar-refractivity contribution in [3.63, 3.8) is 0 Å². The van der Waals surface area contributed by atoms with E-state index in [4.69, 9.17) is 20.6 Å². The molecule has 1 saturated heterocycles. The molecule has 2 N–H and O–H groups in total. The number of hydrogen-bond acceptors (Lipinski definition) is 7. The predicted molar refractivity (Wildman–Crippen MR) is 108 cm³/mol. The van der Waals surface area contributed by atoms with Gasteiger partial charge in [0.2, 0.25) is 0 Å². The Kier molecular flexibility index (Phi) is 4.05. The van der Waals surface area contributed by atoms with E-state index in [1.54, 1.807) is 6.20 Å². The van der Waals surface area contributed by atoms with E-state index in [0.717, 1.165) is 66.1 Å². The number of aromatic nitrogens is 5. The van der Waals surface area contributed by atoms with E-state index in [1.807, 2.05) is 29.0 Å². The van der Waals surface area contributed by atoms with E-state index in [9.17, 15) is 0 Å². The molecule has 1 fully saturated rings. The van der Waals surface area contributed by atoms with E-state index in [-0.39, 0.29) is 0 Å². The molecular weight excluding hydrogens is 354 g/mol. The van der Waals surface area contributed by atoms with Crippen LogP contribution in [0.2, 0.25) is 0 Å². The molecule has 8 nitrogen and oxygen atoms in total. The molecule has 0 atom stereocenters. The van der Waals surface area contributed by atoms with Gasteiger partial charge in [-0.25, -0.2) is 14.5 Å². The van der Waals surface area contributed by atoms with Gasteiger partial charge in [-0.1, -0.05) is 6.92 Å². The molecule has 0 unspecified atom stereocenters. The van der Waals surface area contributed by atoms with Crippen molar-refractivity contribution in [2.75, 3.05) is 36.9 Å². The lowest BCUT2D eigenvalue weighted by Gasteiger charge is -2.28. The molecule has 0 amide bonds. The maximum atomic E-state index is 5.95. The Hall–Kier alpha value is -3.26. The van der Waals surface area contributed by atoms with Gasteiger partial charge in [-0.05, 0) is 24.6 Å². The van der Waals surface area contributed by atoms with Gasteiger partial charge in [-0.15, -0.1) is 5.10 Å². The molecular formula is C20H21N7O. The van der Waals surface area contributed by atoms with Gasteiger partial charge in [0.1, 0.15) is 5.82 Å². The lowest BCUT2D eigenvalue weighted by Crippen LogP contribution is -2.36. The fraction of sp³-hybridized carbons (Fsp3) is 0.300. The highest BCUT2D eigenvalue weighted by Gasteiger charge is 2.16. The number of fused-ring (bicyclic) bond motifs is 2. The van der Waals surface area contributed by atoms with Crippen LogP contribution in [-0.2, 0) is 11.2 Å². The topological polar surface area (TPSA) is 94.5 Å². The van der Waals surface area contributed by atoms with Crippen LogP contribution in [-0.4, -0.2) is 50.9 Å². The fourth-order valence-electron chi connectivity index (χ4n) is 3.66. The van der Waals surface area contributed by atoms with Crippen molar-refractivity contribution in [2.24, 2.45) is 0 Å². The zero-order valence-electron chi connectivity index (χ0n) is 15.7. The third-order valence-electron chi connectivity index (χ3n) is 5.14. The zero-order valence-corrected chi connectivity index (χ0v) is 15.7. The van der Waals surface area contributed by atoms with Crippen molar-refractivity contribution in [3.8, 4) is 11.4 Å². The molecule has 0 aromatic carbocycles. The maximum absolute atomic E-state index is 5.95. The summed E-state index contributed by atoms with van der Waals surface area (Å²) in [6.45, 7) is 5.34. The van der Waals surface area contributed by atoms with Crippen LogP contribution in [0.5, 0.6) is 0 Å². The van der Waals surface area contributed by atoms with Gasteiger partial charge in [0.05, 0.1) is 25.1 Å². The minimum Gasteiger partial charge on any atom is -0.384 e. The molecule has 28 heavy (non-hydrogen) atoms. The predicted octanol–water partition coefficient (Wildman–Crippen LogP) is 2.32. The molecule has 4 aromatic rings. The second-order valence-corrected chi connectivity index (χ2v) is 6.85. The number of nitrogens with two attached hydrogens (primary N) is 1. The van der Waals surface area contributed by atoms with Gasteiger partial charge < -0.3 is 15.4 Å². The maximum Gasteiger partial charge on any atom is 0.184 e. The molecule has 0 radical (unpaired) electrons. The SMILES string of the molecule is CCc1ncc(-c2nc3ccc(N4CCOCC4)cn3n2)c2cc(N)ncc12. The number of hydrogen-bond donors (Lipinski definition) is 1. The van der Waals surface area contributed by atoms with Crippen molar-refractivity contribution in [1.82, 2.24) is 24.6 Å².